The Morgan fingerprint density at radius 3 is 2.25 bits per heavy atom. The molecule has 154 valence electrons. The molecule has 0 aliphatic carbocycles. The number of piperazine rings is 1. The van der Waals surface area contributed by atoms with E-state index in [1.807, 2.05) is 0 Å². The number of aryl methyl sites for hydroxylation is 2. The van der Waals surface area contributed by atoms with Gasteiger partial charge < -0.3 is 4.90 Å². The molecule has 1 aliphatic rings. The first-order chi connectivity index (χ1) is 12.9. The number of rotatable bonds is 3. The Hall–Kier alpha value is -1.93. The lowest BCUT2D eigenvalue weighted by Crippen LogP contribution is -2.50. The molecule has 1 saturated heterocycles. The first kappa shape index (κ1) is 20.8. The Balaban J connectivity index is 1.75. The van der Waals surface area contributed by atoms with Gasteiger partial charge in [-0.2, -0.15) is 27.7 Å². The molecule has 2 aromatic rings. The van der Waals surface area contributed by atoms with E-state index in [1.165, 1.54) is 33.3 Å². The number of hydrogen-bond acceptors (Lipinski definition) is 5. The third-order valence-electron chi connectivity index (χ3n) is 4.31. The molecule has 0 N–H and O–H groups in total. The normalized spacial score (nSPS) is 16.6. The minimum atomic E-state index is -4.70. The van der Waals surface area contributed by atoms with Gasteiger partial charge >= 0.3 is 6.18 Å². The summed E-state index contributed by atoms with van der Waals surface area (Å²) in [7, 11) is -0.910. The SMILES string of the molecule is Cn1cc(S(=O)(=O)N2CCN(C(=O)c3c(Br)c(C(F)(F)F)nn3C)CC2)cn1. The topological polar surface area (TPSA) is 93.3 Å². The summed E-state index contributed by atoms with van der Waals surface area (Å²) in [6.45, 7) is 0.115. The highest BCUT2D eigenvalue weighted by Crippen LogP contribution is 2.36. The van der Waals surface area contributed by atoms with Crippen LogP contribution in [0.25, 0.3) is 0 Å². The molecule has 0 radical (unpaired) electrons. The van der Waals surface area contributed by atoms with Crippen molar-refractivity contribution in [1.29, 1.82) is 0 Å². The number of carbonyl (C=O) groups is 1. The molecule has 2 aromatic heterocycles. The second-order valence-corrected chi connectivity index (χ2v) is 8.91. The summed E-state index contributed by atoms with van der Waals surface area (Å²) >= 11 is 2.82. The molecule has 28 heavy (non-hydrogen) atoms. The van der Waals surface area contributed by atoms with Crippen molar-refractivity contribution in [2.45, 2.75) is 11.1 Å². The van der Waals surface area contributed by atoms with Crippen LogP contribution >= 0.6 is 15.9 Å². The summed E-state index contributed by atoms with van der Waals surface area (Å²) in [6.07, 6.45) is -2.10. The molecule has 0 spiro atoms. The Morgan fingerprint density at radius 1 is 1.18 bits per heavy atom. The van der Waals surface area contributed by atoms with Gasteiger partial charge in [0.2, 0.25) is 10.0 Å². The summed E-state index contributed by atoms with van der Waals surface area (Å²) in [4.78, 5) is 14.0. The highest BCUT2D eigenvalue weighted by atomic mass is 79.9. The lowest BCUT2D eigenvalue weighted by molar-refractivity contribution is -0.142. The second kappa shape index (κ2) is 7.15. The van der Waals surface area contributed by atoms with Gasteiger partial charge in [-0.15, -0.1) is 0 Å². The monoisotopic (exact) mass is 484 g/mol. The Morgan fingerprint density at radius 2 is 1.79 bits per heavy atom. The van der Waals surface area contributed by atoms with Gasteiger partial charge in [0.1, 0.15) is 10.6 Å². The fourth-order valence-electron chi connectivity index (χ4n) is 2.87. The van der Waals surface area contributed by atoms with Gasteiger partial charge in [0, 0.05) is 46.5 Å². The van der Waals surface area contributed by atoms with E-state index in [0.717, 1.165) is 4.68 Å². The largest absolute Gasteiger partial charge is 0.436 e. The number of nitrogens with zero attached hydrogens (tertiary/aromatic N) is 6. The van der Waals surface area contributed by atoms with Crippen molar-refractivity contribution in [3.8, 4) is 0 Å². The van der Waals surface area contributed by atoms with Crippen molar-refractivity contribution in [2.24, 2.45) is 14.1 Å². The predicted molar refractivity (Wildman–Crippen MR) is 93.8 cm³/mol. The molecule has 1 aliphatic heterocycles. The smallest absolute Gasteiger partial charge is 0.335 e. The summed E-state index contributed by atoms with van der Waals surface area (Å²) in [5.74, 6) is -0.657. The van der Waals surface area contributed by atoms with Gasteiger partial charge in [-0.25, -0.2) is 8.42 Å². The maximum absolute atomic E-state index is 13.0. The van der Waals surface area contributed by atoms with E-state index >= 15 is 0 Å². The van der Waals surface area contributed by atoms with Crippen LogP contribution in [-0.2, 0) is 30.3 Å². The zero-order valence-electron chi connectivity index (χ0n) is 14.8. The zero-order valence-corrected chi connectivity index (χ0v) is 17.2. The van der Waals surface area contributed by atoms with Gasteiger partial charge in [-0.05, 0) is 15.9 Å². The van der Waals surface area contributed by atoms with E-state index < -0.39 is 32.3 Å². The fraction of sp³-hybridized carbons (Fsp3) is 0.500. The van der Waals surface area contributed by atoms with Gasteiger partial charge in [-0.3, -0.25) is 14.2 Å². The van der Waals surface area contributed by atoms with Crippen LogP contribution in [0.3, 0.4) is 0 Å². The molecule has 0 aromatic carbocycles. The molecule has 9 nitrogen and oxygen atoms in total. The average Bonchev–Trinajstić information content (AvgIpc) is 3.18. The zero-order chi connectivity index (χ0) is 20.9. The molecule has 0 bridgehead atoms. The Kier molecular flexibility index (Phi) is 5.31. The van der Waals surface area contributed by atoms with Gasteiger partial charge in [-0.1, -0.05) is 0 Å². The van der Waals surface area contributed by atoms with E-state index in [9.17, 15) is 26.4 Å². The summed E-state index contributed by atoms with van der Waals surface area (Å²) in [5.41, 5.74) is -1.42. The molecule has 14 heteroatoms. The van der Waals surface area contributed by atoms with Crippen LogP contribution in [0.1, 0.15) is 16.2 Å². The Labute approximate surface area is 166 Å². The third kappa shape index (κ3) is 3.67. The molecule has 3 rings (SSSR count). The maximum atomic E-state index is 13.0. The van der Waals surface area contributed by atoms with Crippen molar-refractivity contribution in [3.05, 3.63) is 28.3 Å². The number of halogens is 4. The van der Waals surface area contributed by atoms with Gasteiger partial charge in [0.25, 0.3) is 5.91 Å². The summed E-state index contributed by atoms with van der Waals surface area (Å²) in [5, 5.41) is 7.22. The van der Waals surface area contributed by atoms with E-state index in [1.54, 1.807) is 7.05 Å². The molecule has 0 saturated carbocycles. The number of sulfonamides is 1. The first-order valence-corrected chi connectivity index (χ1v) is 10.2. The van der Waals surface area contributed by atoms with Crippen molar-refractivity contribution >= 4 is 31.9 Å². The minimum absolute atomic E-state index is 0.0184. The quantitative estimate of drug-likeness (QED) is 0.649. The minimum Gasteiger partial charge on any atom is -0.335 e. The van der Waals surface area contributed by atoms with Crippen LogP contribution in [0.5, 0.6) is 0 Å². The molecule has 3 heterocycles. The highest BCUT2D eigenvalue weighted by molar-refractivity contribution is 9.10. The van der Waals surface area contributed by atoms with Crippen LogP contribution in [0.15, 0.2) is 21.8 Å². The van der Waals surface area contributed by atoms with Crippen LogP contribution in [0.4, 0.5) is 13.2 Å². The average molecular weight is 485 g/mol. The van der Waals surface area contributed by atoms with Gasteiger partial charge in [0.15, 0.2) is 5.69 Å². The number of amides is 1. The van der Waals surface area contributed by atoms with E-state index in [4.69, 9.17) is 0 Å². The molecule has 0 atom stereocenters. The van der Waals surface area contributed by atoms with Crippen LogP contribution < -0.4 is 0 Å². The number of alkyl halides is 3. The highest BCUT2D eigenvalue weighted by Gasteiger charge is 2.40. The summed E-state index contributed by atoms with van der Waals surface area (Å²) in [6, 6.07) is 0. The van der Waals surface area contributed by atoms with Crippen molar-refractivity contribution in [3.63, 3.8) is 0 Å². The van der Waals surface area contributed by atoms with Crippen LogP contribution in [0, 0.1) is 0 Å². The number of hydrogen-bond donors (Lipinski definition) is 0. The van der Waals surface area contributed by atoms with E-state index in [-0.39, 0.29) is 36.8 Å². The van der Waals surface area contributed by atoms with Crippen LogP contribution in [0.2, 0.25) is 0 Å². The fourth-order valence-corrected chi connectivity index (χ4v) is 5.01. The number of carbonyl (C=O) groups excluding carboxylic acids is 1. The first-order valence-electron chi connectivity index (χ1n) is 8.00. The van der Waals surface area contributed by atoms with Crippen molar-refractivity contribution in [2.75, 3.05) is 26.2 Å². The van der Waals surface area contributed by atoms with Crippen molar-refractivity contribution in [1.82, 2.24) is 28.8 Å². The molecule has 0 unspecified atom stereocenters. The number of aromatic nitrogens is 4. The molecule has 1 fully saturated rings. The van der Waals surface area contributed by atoms with Crippen LogP contribution in [-0.4, -0.2) is 69.3 Å². The second-order valence-electron chi connectivity index (χ2n) is 6.18. The maximum Gasteiger partial charge on any atom is 0.436 e. The van der Waals surface area contributed by atoms with E-state index in [2.05, 4.69) is 26.1 Å². The Bertz CT molecular complexity index is 1010. The van der Waals surface area contributed by atoms with Gasteiger partial charge in [0.05, 0.1) is 10.7 Å². The lowest BCUT2D eigenvalue weighted by Gasteiger charge is -2.33. The van der Waals surface area contributed by atoms with E-state index in [0.29, 0.717) is 0 Å². The molecule has 1 amide bonds. The van der Waals surface area contributed by atoms with Crippen molar-refractivity contribution < 1.29 is 26.4 Å². The third-order valence-corrected chi connectivity index (χ3v) is 6.91. The standard InChI is InChI=1S/C14H16BrF3N6O3S/c1-21-8-9(7-19-21)28(26,27)24-5-3-23(4-6-24)13(25)11-10(15)12(14(16,17)18)20-22(11)2/h7-8H,3-6H2,1-2H3. The molecular formula is C14H16BrF3N6O3S. The lowest BCUT2D eigenvalue weighted by atomic mass is 10.2. The predicted octanol–water partition coefficient (Wildman–Crippen LogP) is 1.08. The molecular weight excluding hydrogens is 469 g/mol. The summed E-state index contributed by atoms with van der Waals surface area (Å²) < 4.78 is 67.1.